The number of aryl methyl sites for hydroxylation is 1. The fraction of sp³-hybridized carbons (Fsp3) is 0.185. The Kier molecular flexibility index (Phi) is 6.44. The first kappa shape index (κ1) is 23.5. The van der Waals surface area contributed by atoms with Crippen molar-refractivity contribution in [3.05, 3.63) is 99.8 Å². The topological polar surface area (TPSA) is 66.8 Å². The normalized spacial score (nSPS) is 17.5. The van der Waals surface area contributed by atoms with Gasteiger partial charge in [-0.05, 0) is 68.3 Å². The van der Waals surface area contributed by atoms with E-state index in [2.05, 4.69) is 0 Å². The Morgan fingerprint density at radius 1 is 1.06 bits per heavy atom. The van der Waals surface area contributed by atoms with E-state index in [1.54, 1.807) is 48.5 Å². The van der Waals surface area contributed by atoms with Gasteiger partial charge in [0.15, 0.2) is 0 Å². The summed E-state index contributed by atoms with van der Waals surface area (Å²) in [4.78, 5) is 27.6. The second-order valence-electron chi connectivity index (χ2n) is 8.33. The van der Waals surface area contributed by atoms with Crippen LogP contribution in [0.15, 0.2) is 72.3 Å². The molecule has 1 amide bonds. The third kappa shape index (κ3) is 4.29. The predicted molar refractivity (Wildman–Crippen MR) is 130 cm³/mol. The van der Waals surface area contributed by atoms with Crippen molar-refractivity contribution in [1.82, 2.24) is 0 Å². The minimum Gasteiger partial charge on any atom is -0.507 e. The highest BCUT2D eigenvalue weighted by Crippen LogP contribution is 2.43. The van der Waals surface area contributed by atoms with Crippen molar-refractivity contribution in [2.24, 2.45) is 0 Å². The van der Waals surface area contributed by atoms with Gasteiger partial charge in [0.05, 0.1) is 22.7 Å². The van der Waals surface area contributed by atoms with Crippen LogP contribution in [0.25, 0.3) is 5.76 Å². The minimum atomic E-state index is -0.922. The Hall–Kier alpha value is -3.64. The van der Waals surface area contributed by atoms with Gasteiger partial charge in [0, 0.05) is 11.3 Å². The lowest BCUT2D eigenvalue weighted by Gasteiger charge is -2.25. The SMILES string of the molecule is Cc1cc(/C(O)=C2\C(=O)C(=O)N(c3ccc(F)c(Cl)c3)C2c2ccccc2)ccc1OC(C)C. The molecule has 1 atom stereocenters. The summed E-state index contributed by atoms with van der Waals surface area (Å²) >= 11 is 5.96. The number of anilines is 1. The molecule has 3 aromatic rings. The van der Waals surface area contributed by atoms with Crippen LogP contribution < -0.4 is 9.64 Å². The number of aliphatic hydroxyl groups is 1. The van der Waals surface area contributed by atoms with E-state index in [1.165, 1.54) is 17.0 Å². The van der Waals surface area contributed by atoms with Crippen molar-refractivity contribution in [3.8, 4) is 5.75 Å². The minimum absolute atomic E-state index is 0.0240. The molecule has 34 heavy (non-hydrogen) atoms. The summed E-state index contributed by atoms with van der Waals surface area (Å²) in [7, 11) is 0. The quantitative estimate of drug-likeness (QED) is 0.269. The lowest BCUT2D eigenvalue weighted by molar-refractivity contribution is -0.132. The monoisotopic (exact) mass is 479 g/mol. The summed E-state index contributed by atoms with van der Waals surface area (Å²) in [5.74, 6) is -1.96. The van der Waals surface area contributed by atoms with Crippen molar-refractivity contribution >= 4 is 34.7 Å². The molecule has 4 rings (SSSR count). The molecule has 1 unspecified atom stereocenters. The molecule has 0 bridgehead atoms. The van der Waals surface area contributed by atoms with Crippen LogP contribution in [-0.4, -0.2) is 22.9 Å². The number of ketones is 1. The number of amides is 1. The number of carbonyl (C=O) groups is 2. The maximum Gasteiger partial charge on any atom is 0.300 e. The third-order valence-electron chi connectivity index (χ3n) is 5.55. The molecule has 0 aromatic heterocycles. The summed E-state index contributed by atoms with van der Waals surface area (Å²) in [5, 5.41) is 11.1. The van der Waals surface area contributed by atoms with Crippen molar-refractivity contribution < 1.29 is 23.8 Å². The molecule has 0 radical (unpaired) electrons. The number of hydrogen-bond acceptors (Lipinski definition) is 4. The van der Waals surface area contributed by atoms with E-state index in [-0.39, 0.29) is 28.1 Å². The Morgan fingerprint density at radius 2 is 1.76 bits per heavy atom. The number of halogens is 2. The first-order valence-electron chi connectivity index (χ1n) is 10.8. The molecule has 1 N–H and O–H groups in total. The molecule has 1 heterocycles. The van der Waals surface area contributed by atoms with E-state index in [0.717, 1.165) is 11.6 Å². The molecule has 1 aliphatic heterocycles. The number of aliphatic hydroxyl groups excluding tert-OH is 1. The van der Waals surface area contributed by atoms with E-state index < -0.39 is 23.5 Å². The van der Waals surface area contributed by atoms with Gasteiger partial charge in [0.2, 0.25) is 0 Å². The van der Waals surface area contributed by atoms with Gasteiger partial charge in [-0.3, -0.25) is 14.5 Å². The van der Waals surface area contributed by atoms with Gasteiger partial charge in [0.1, 0.15) is 17.3 Å². The fourth-order valence-corrected chi connectivity index (χ4v) is 4.20. The Bertz CT molecular complexity index is 1300. The molecule has 1 aliphatic rings. The van der Waals surface area contributed by atoms with Gasteiger partial charge in [-0.15, -0.1) is 0 Å². The summed E-state index contributed by atoms with van der Waals surface area (Å²) in [6, 6.07) is 16.8. The van der Waals surface area contributed by atoms with Crippen LogP contribution in [0.4, 0.5) is 10.1 Å². The fourth-order valence-electron chi connectivity index (χ4n) is 4.02. The Morgan fingerprint density at radius 3 is 2.38 bits per heavy atom. The standard InChI is InChI=1S/C27H23ClFNO4/c1-15(2)34-22-12-9-18(13-16(22)3)25(31)23-24(17-7-5-4-6-8-17)30(27(33)26(23)32)19-10-11-21(29)20(28)14-19/h4-15,24,31H,1-3H3/b25-23+. The maximum absolute atomic E-state index is 13.8. The van der Waals surface area contributed by atoms with Crippen LogP contribution in [0, 0.1) is 12.7 Å². The van der Waals surface area contributed by atoms with E-state index in [0.29, 0.717) is 16.9 Å². The molecule has 3 aromatic carbocycles. The zero-order valence-electron chi connectivity index (χ0n) is 18.9. The smallest absolute Gasteiger partial charge is 0.300 e. The van der Waals surface area contributed by atoms with Crippen molar-refractivity contribution in [2.45, 2.75) is 32.9 Å². The number of ether oxygens (including phenoxy) is 1. The van der Waals surface area contributed by atoms with Crippen LogP contribution in [0.3, 0.4) is 0 Å². The maximum atomic E-state index is 13.8. The zero-order chi connectivity index (χ0) is 24.6. The van der Waals surface area contributed by atoms with E-state index in [4.69, 9.17) is 16.3 Å². The highest BCUT2D eigenvalue weighted by Gasteiger charge is 2.47. The van der Waals surface area contributed by atoms with Gasteiger partial charge >= 0.3 is 0 Å². The zero-order valence-corrected chi connectivity index (χ0v) is 19.6. The molecule has 1 saturated heterocycles. The molecule has 7 heteroatoms. The number of benzene rings is 3. The highest BCUT2D eigenvalue weighted by molar-refractivity contribution is 6.51. The largest absolute Gasteiger partial charge is 0.507 e. The van der Waals surface area contributed by atoms with Crippen LogP contribution in [0.5, 0.6) is 5.75 Å². The Balaban J connectivity index is 1.89. The van der Waals surface area contributed by atoms with Crippen molar-refractivity contribution in [1.29, 1.82) is 0 Å². The van der Waals surface area contributed by atoms with Gasteiger partial charge in [-0.1, -0.05) is 41.9 Å². The van der Waals surface area contributed by atoms with Crippen molar-refractivity contribution in [2.75, 3.05) is 4.90 Å². The molecule has 174 valence electrons. The van der Waals surface area contributed by atoms with E-state index >= 15 is 0 Å². The number of carbonyl (C=O) groups excluding carboxylic acids is 2. The average molecular weight is 480 g/mol. The van der Waals surface area contributed by atoms with E-state index in [1.807, 2.05) is 20.8 Å². The second-order valence-corrected chi connectivity index (χ2v) is 8.73. The summed E-state index contributed by atoms with van der Waals surface area (Å²) < 4.78 is 19.6. The molecular formula is C27H23ClFNO4. The first-order valence-corrected chi connectivity index (χ1v) is 11.2. The molecule has 0 aliphatic carbocycles. The van der Waals surface area contributed by atoms with Gasteiger partial charge in [-0.2, -0.15) is 0 Å². The highest BCUT2D eigenvalue weighted by atomic mass is 35.5. The average Bonchev–Trinajstić information content (AvgIpc) is 3.07. The lowest BCUT2D eigenvalue weighted by atomic mass is 9.94. The molecule has 0 saturated carbocycles. The summed E-state index contributed by atoms with van der Waals surface area (Å²) in [6.45, 7) is 5.66. The third-order valence-corrected chi connectivity index (χ3v) is 5.84. The predicted octanol–water partition coefficient (Wildman–Crippen LogP) is 6.20. The van der Waals surface area contributed by atoms with Crippen LogP contribution in [0.1, 0.15) is 36.6 Å². The first-order chi connectivity index (χ1) is 16.2. The van der Waals surface area contributed by atoms with Crippen LogP contribution in [0.2, 0.25) is 5.02 Å². The molecular weight excluding hydrogens is 457 g/mol. The Labute approximate surface area is 202 Å². The second kappa shape index (κ2) is 9.31. The van der Waals surface area contributed by atoms with Gasteiger partial charge < -0.3 is 9.84 Å². The van der Waals surface area contributed by atoms with Crippen molar-refractivity contribution in [3.63, 3.8) is 0 Å². The van der Waals surface area contributed by atoms with E-state index in [9.17, 15) is 19.1 Å². The number of Topliss-reactive ketones (excluding diaryl/α,β-unsaturated/α-hetero) is 1. The molecule has 0 spiro atoms. The van der Waals surface area contributed by atoms with Crippen LogP contribution in [-0.2, 0) is 9.59 Å². The summed E-state index contributed by atoms with van der Waals surface area (Å²) in [6.07, 6.45) is -0.0240. The van der Waals surface area contributed by atoms with Crippen LogP contribution >= 0.6 is 11.6 Å². The lowest BCUT2D eigenvalue weighted by Crippen LogP contribution is -2.29. The number of nitrogens with zero attached hydrogens (tertiary/aromatic N) is 1. The summed E-state index contributed by atoms with van der Waals surface area (Å²) in [5.41, 5.74) is 1.95. The van der Waals surface area contributed by atoms with Gasteiger partial charge in [0.25, 0.3) is 11.7 Å². The number of rotatable bonds is 5. The van der Waals surface area contributed by atoms with Gasteiger partial charge in [-0.25, -0.2) is 4.39 Å². The number of hydrogen-bond donors (Lipinski definition) is 1. The molecule has 1 fully saturated rings. The molecule has 5 nitrogen and oxygen atoms in total.